The molecule has 23 heavy (non-hydrogen) atoms. The number of ether oxygens (including phenoxy) is 3. The third-order valence-corrected chi connectivity index (χ3v) is 3.36. The highest BCUT2D eigenvalue weighted by Gasteiger charge is 2.12. The Kier molecular flexibility index (Phi) is 4.14. The summed E-state index contributed by atoms with van der Waals surface area (Å²) < 4.78 is 20.9. The lowest BCUT2D eigenvalue weighted by Crippen LogP contribution is -2.12. The Morgan fingerprint density at radius 2 is 1.91 bits per heavy atom. The molecule has 6 heteroatoms. The van der Waals surface area contributed by atoms with Gasteiger partial charge < -0.3 is 18.6 Å². The lowest BCUT2D eigenvalue weighted by atomic mass is 10.1. The molecule has 0 unspecified atom stereocenters. The average molecular weight is 313 g/mol. The molecule has 1 aromatic heterocycles. The van der Waals surface area contributed by atoms with Crippen molar-refractivity contribution in [3.8, 4) is 17.2 Å². The van der Waals surface area contributed by atoms with Crippen LogP contribution in [0.3, 0.4) is 0 Å². The Morgan fingerprint density at radius 1 is 1.09 bits per heavy atom. The highest BCUT2D eigenvalue weighted by atomic mass is 16.5. The molecule has 0 N–H and O–H groups in total. The first kappa shape index (κ1) is 14.9. The summed E-state index contributed by atoms with van der Waals surface area (Å²) in [5.74, 6) is 1.27. The zero-order valence-corrected chi connectivity index (χ0v) is 12.7. The van der Waals surface area contributed by atoms with E-state index in [9.17, 15) is 4.79 Å². The predicted molar refractivity (Wildman–Crippen MR) is 82.9 cm³/mol. The van der Waals surface area contributed by atoms with Gasteiger partial charge in [-0.05, 0) is 18.2 Å². The third kappa shape index (κ3) is 3.26. The van der Waals surface area contributed by atoms with Crippen LogP contribution in [0.25, 0.3) is 11.1 Å². The molecule has 0 spiro atoms. The van der Waals surface area contributed by atoms with Gasteiger partial charge in [-0.3, -0.25) is 4.79 Å². The lowest BCUT2D eigenvalue weighted by molar-refractivity contribution is -0.133. The van der Waals surface area contributed by atoms with Crippen LogP contribution in [0.5, 0.6) is 17.2 Å². The van der Waals surface area contributed by atoms with Crippen LogP contribution >= 0.6 is 0 Å². The minimum Gasteiger partial charge on any atom is -0.497 e. The van der Waals surface area contributed by atoms with Crippen LogP contribution < -0.4 is 14.2 Å². The van der Waals surface area contributed by atoms with Gasteiger partial charge in [0.15, 0.2) is 12.0 Å². The molecule has 0 aliphatic heterocycles. The molecule has 0 aliphatic rings. The average Bonchev–Trinajstić information content (AvgIpc) is 3.02. The van der Waals surface area contributed by atoms with Crippen molar-refractivity contribution in [3.63, 3.8) is 0 Å². The van der Waals surface area contributed by atoms with Gasteiger partial charge in [0.05, 0.1) is 20.6 Å². The molecular weight excluding hydrogens is 298 g/mol. The maximum atomic E-state index is 12.1. The number of esters is 1. The Balaban J connectivity index is 1.73. The van der Waals surface area contributed by atoms with Crippen LogP contribution in [0.1, 0.15) is 5.56 Å². The molecule has 0 amide bonds. The van der Waals surface area contributed by atoms with Crippen molar-refractivity contribution in [1.82, 2.24) is 4.98 Å². The van der Waals surface area contributed by atoms with Gasteiger partial charge in [0.2, 0.25) is 0 Å². The number of hydrogen-bond donors (Lipinski definition) is 0. The second kappa shape index (κ2) is 6.39. The largest absolute Gasteiger partial charge is 0.497 e. The monoisotopic (exact) mass is 313 g/mol. The molecule has 0 fully saturated rings. The number of nitrogens with zero attached hydrogens (tertiary/aromatic N) is 1. The van der Waals surface area contributed by atoms with E-state index in [4.69, 9.17) is 18.6 Å². The normalized spacial score (nSPS) is 10.5. The van der Waals surface area contributed by atoms with Gasteiger partial charge in [-0.2, -0.15) is 0 Å². The zero-order valence-electron chi connectivity index (χ0n) is 12.7. The van der Waals surface area contributed by atoms with Crippen LogP contribution in [0.15, 0.2) is 47.2 Å². The van der Waals surface area contributed by atoms with E-state index in [1.54, 1.807) is 50.6 Å². The summed E-state index contributed by atoms with van der Waals surface area (Å²) in [5, 5.41) is 0. The van der Waals surface area contributed by atoms with Gasteiger partial charge in [0, 0.05) is 17.7 Å². The van der Waals surface area contributed by atoms with Gasteiger partial charge in [-0.25, -0.2) is 4.98 Å². The fourth-order valence-electron chi connectivity index (χ4n) is 2.22. The zero-order chi connectivity index (χ0) is 16.2. The molecule has 0 aliphatic carbocycles. The SMILES string of the molecule is COc1ccc(CC(=O)Oc2ccc3ocnc3c2)c(OC)c1. The van der Waals surface area contributed by atoms with Crippen LogP contribution in [-0.4, -0.2) is 25.2 Å². The van der Waals surface area contributed by atoms with E-state index in [2.05, 4.69) is 4.98 Å². The number of carbonyl (C=O) groups excluding carboxylic acids is 1. The summed E-state index contributed by atoms with van der Waals surface area (Å²) in [7, 11) is 3.12. The number of benzene rings is 2. The molecule has 0 radical (unpaired) electrons. The highest BCUT2D eigenvalue weighted by molar-refractivity contribution is 5.79. The van der Waals surface area contributed by atoms with Crippen LogP contribution in [0, 0.1) is 0 Å². The summed E-state index contributed by atoms with van der Waals surface area (Å²) in [6, 6.07) is 10.3. The van der Waals surface area contributed by atoms with Crippen molar-refractivity contribution in [2.75, 3.05) is 14.2 Å². The summed E-state index contributed by atoms with van der Waals surface area (Å²) >= 11 is 0. The predicted octanol–water partition coefficient (Wildman–Crippen LogP) is 2.99. The first-order chi connectivity index (χ1) is 11.2. The van der Waals surface area contributed by atoms with Crippen molar-refractivity contribution in [3.05, 3.63) is 48.4 Å². The Labute approximate surface area is 132 Å². The van der Waals surface area contributed by atoms with Crippen LogP contribution in [0.2, 0.25) is 0 Å². The van der Waals surface area contributed by atoms with Crippen molar-refractivity contribution in [2.45, 2.75) is 6.42 Å². The molecule has 118 valence electrons. The molecular formula is C17H15NO5. The van der Waals surface area contributed by atoms with Crippen LogP contribution in [-0.2, 0) is 11.2 Å². The molecule has 1 heterocycles. The molecule has 0 saturated carbocycles. The van der Waals surface area contributed by atoms with Gasteiger partial charge in [0.25, 0.3) is 0 Å². The minimum absolute atomic E-state index is 0.0873. The molecule has 0 atom stereocenters. The van der Waals surface area contributed by atoms with E-state index in [-0.39, 0.29) is 6.42 Å². The highest BCUT2D eigenvalue weighted by Crippen LogP contribution is 2.26. The summed E-state index contributed by atoms with van der Waals surface area (Å²) in [6.45, 7) is 0. The third-order valence-electron chi connectivity index (χ3n) is 3.36. The van der Waals surface area contributed by atoms with E-state index in [0.29, 0.717) is 28.3 Å². The van der Waals surface area contributed by atoms with E-state index in [1.807, 2.05) is 0 Å². The standard InChI is InChI=1S/C17H15NO5/c1-20-12-4-3-11(16(9-12)21-2)7-17(19)23-13-5-6-15-14(8-13)18-10-22-15/h3-6,8-10H,7H2,1-2H3. The molecule has 6 nitrogen and oxygen atoms in total. The maximum absolute atomic E-state index is 12.1. The Bertz CT molecular complexity index is 840. The summed E-state index contributed by atoms with van der Waals surface area (Å²) in [5.41, 5.74) is 2.00. The molecule has 2 aromatic carbocycles. The number of fused-ring (bicyclic) bond motifs is 1. The van der Waals surface area contributed by atoms with E-state index in [1.165, 1.54) is 6.39 Å². The molecule has 0 saturated heterocycles. The van der Waals surface area contributed by atoms with Gasteiger partial charge in [0.1, 0.15) is 22.8 Å². The fourth-order valence-corrected chi connectivity index (χ4v) is 2.22. The molecule has 0 bridgehead atoms. The van der Waals surface area contributed by atoms with Crippen molar-refractivity contribution >= 4 is 17.1 Å². The topological polar surface area (TPSA) is 70.8 Å². The van der Waals surface area contributed by atoms with E-state index in [0.717, 1.165) is 5.56 Å². The van der Waals surface area contributed by atoms with Crippen molar-refractivity contribution in [2.24, 2.45) is 0 Å². The van der Waals surface area contributed by atoms with Gasteiger partial charge in [-0.1, -0.05) is 6.07 Å². The molecule has 3 aromatic rings. The summed E-state index contributed by atoms with van der Waals surface area (Å²) in [4.78, 5) is 16.2. The van der Waals surface area contributed by atoms with Gasteiger partial charge >= 0.3 is 5.97 Å². The number of hydrogen-bond acceptors (Lipinski definition) is 6. The first-order valence-electron chi connectivity index (χ1n) is 6.94. The van der Waals surface area contributed by atoms with Gasteiger partial charge in [-0.15, -0.1) is 0 Å². The van der Waals surface area contributed by atoms with E-state index >= 15 is 0 Å². The first-order valence-corrected chi connectivity index (χ1v) is 6.94. The quantitative estimate of drug-likeness (QED) is 0.533. The summed E-state index contributed by atoms with van der Waals surface area (Å²) in [6.07, 6.45) is 1.43. The second-order valence-electron chi connectivity index (χ2n) is 4.81. The number of aromatic nitrogens is 1. The number of carbonyl (C=O) groups is 1. The maximum Gasteiger partial charge on any atom is 0.315 e. The van der Waals surface area contributed by atoms with E-state index < -0.39 is 5.97 Å². The smallest absolute Gasteiger partial charge is 0.315 e. The fraction of sp³-hybridized carbons (Fsp3) is 0.176. The molecule has 3 rings (SSSR count). The Hall–Kier alpha value is -3.02. The number of methoxy groups -OCH3 is 2. The van der Waals surface area contributed by atoms with Crippen molar-refractivity contribution < 1.29 is 23.4 Å². The van der Waals surface area contributed by atoms with Crippen molar-refractivity contribution in [1.29, 1.82) is 0 Å². The Morgan fingerprint density at radius 3 is 2.70 bits per heavy atom. The lowest BCUT2D eigenvalue weighted by Gasteiger charge is -2.10. The number of oxazole rings is 1. The number of rotatable bonds is 5. The van der Waals surface area contributed by atoms with Crippen LogP contribution in [0.4, 0.5) is 0 Å². The minimum atomic E-state index is -0.392. The second-order valence-corrected chi connectivity index (χ2v) is 4.81.